The van der Waals surface area contributed by atoms with Crippen molar-refractivity contribution in [3.8, 4) is 5.69 Å². The molecule has 26 heavy (non-hydrogen) atoms. The molecule has 0 spiro atoms. The zero-order valence-electron chi connectivity index (χ0n) is 14.3. The van der Waals surface area contributed by atoms with Crippen LogP contribution in [0.25, 0.3) is 5.69 Å². The van der Waals surface area contributed by atoms with Crippen LogP contribution in [0.15, 0.2) is 67.0 Å². The van der Waals surface area contributed by atoms with Gasteiger partial charge in [0, 0.05) is 38.1 Å². The molecule has 3 aromatic rings. The number of carbonyl (C=O) groups is 1. The summed E-state index contributed by atoms with van der Waals surface area (Å²) in [5, 5.41) is 15.0. The zero-order valence-corrected chi connectivity index (χ0v) is 14.3. The van der Waals surface area contributed by atoms with Crippen molar-refractivity contribution in [2.45, 2.75) is 13.0 Å². The van der Waals surface area contributed by atoms with Crippen molar-refractivity contribution < 1.29 is 9.72 Å². The van der Waals surface area contributed by atoms with E-state index in [0.717, 1.165) is 16.8 Å². The number of hydrogen-bond acceptors (Lipinski definition) is 4. The lowest BCUT2D eigenvalue weighted by Crippen LogP contribution is -2.27. The van der Waals surface area contributed by atoms with Crippen molar-refractivity contribution in [2.24, 2.45) is 0 Å². The third-order valence-electron chi connectivity index (χ3n) is 4.03. The van der Waals surface area contributed by atoms with E-state index in [1.54, 1.807) is 35.0 Å². The summed E-state index contributed by atoms with van der Waals surface area (Å²) in [7, 11) is 1.69. The second-order valence-corrected chi connectivity index (χ2v) is 5.97. The molecule has 2 aromatic carbocycles. The molecular weight excluding hydrogens is 332 g/mol. The molecule has 7 nitrogen and oxygen atoms in total. The summed E-state index contributed by atoms with van der Waals surface area (Å²) in [5.74, 6) is -0.0525. The average molecular weight is 350 g/mol. The van der Waals surface area contributed by atoms with Crippen LogP contribution in [-0.2, 0) is 17.8 Å². The Morgan fingerprint density at radius 2 is 1.92 bits per heavy atom. The number of non-ortho nitro benzene ring substituents is 1. The first-order chi connectivity index (χ1) is 12.5. The van der Waals surface area contributed by atoms with Crippen molar-refractivity contribution in [1.82, 2.24) is 14.7 Å². The molecule has 0 atom stereocenters. The van der Waals surface area contributed by atoms with Gasteiger partial charge in [-0.2, -0.15) is 5.10 Å². The fourth-order valence-corrected chi connectivity index (χ4v) is 2.63. The van der Waals surface area contributed by atoms with Crippen LogP contribution < -0.4 is 0 Å². The number of nitro groups is 1. The molecule has 0 aliphatic heterocycles. The molecule has 0 bridgehead atoms. The lowest BCUT2D eigenvalue weighted by molar-refractivity contribution is -0.384. The van der Waals surface area contributed by atoms with Crippen molar-refractivity contribution >= 4 is 11.6 Å². The maximum Gasteiger partial charge on any atom is 0.269 e. The van der Waals surface area contributed by atoms with Crippen molar-refractivity contribution in [2.75, 3.05) is 7.05 Å². The highest BCUT2D eigenvalue weighted by atomic mass is 16.6. The number of carbonyl (C=O) groups excluding carboxylic acids is 1. The van der Waals surface area contributed by atoms with Crippen LogP contribution in [0, 0.1) is 10.1 Å². The van der Waals surface area contributed by atoms with Crippen molar-refractivity contribution in [1.29, 1.82) is 0 Å². The van der Waals surface area contributed by atoms with Gasteiger partial charge in [-0.1, -0.05) is 24.3 Å². The van der Waals surface area contributed by atoms with E-state index in [1.165, 1.54) is 12.1 Å². The Morgan fingerprint density at radius 3 is 2.58 bits per heavy atom. The summed E-state index contributed by atoms with van der Waals surface area (Å²) in [5.41, 5.74) is 2.58. The number of likely N-dealkylation sites (N-methyl/N-ethyl adjacent to an activating group) is 1. The van der Waals surface area contributed by atoms with Gasteiger partial charge in [0.15, 0.2) is 0 Å². The molecule has 1 heterocycles. The van der Waals surface area contributed by atoms with Crippen LogP contribution in [-0.4, -0.2) is 32.6 Å². The van der Waals surface area contributed by atoms with E-state index in [4.69, 9.17) is 0 Å². The van der Waals surface area contributed by atoms with E-state index >= 15 is 0 Å². The van der Waals surface area contributed by atoms with E-state index in [9.17, 15) is 14.9 Å². The van der Waals surface area contributed by atoms with E-state index in [0.29, 0.717) is 6.54 Å². The minimum atomic E-state index is -0.438. The number of rotatable bonds is 6. The molecule has 0 fully saturated rings. The minimum Gasteiger partial charge on any atom is -0.341 e. The number of nitro benzene ring substituents is 1. The van der Waals surface area contributed by atoms with Crippen LogP contribution in [0.4, 0.5) is 5.69 Å². The van der Waals surface area contributed by atoms with E-state index < -0.39 is 4.92 Å². The second-order valence-electron chi connectivity index (χ2n) is 5.97. The van der Waals surface area contributed by atoms with Crippen molar-refractivity contribution in [3.63, 3.8) is 0 Å². The summed E-state index contributed by atoms with van der Waals surface area (Å²) in [6, 6.07) is 15.8. The average Bonchev–Trinajstić information content (AvgIpc) is 3.17. The molecular formula is C19H18N4O3. The van der Waals surface area contributed by atoms with Gasteiger partial charge in [-0.05, 0) is 29.3 Å². The third kappa shape index (κ3) is 4.13. The van der Waals surface area contributed by atoms with Gasteiger partial charge in [-0.15, -0.1) is 0 Å². The van der Waals surface area contributed by atoms with E-state index in [-0.39, 0.29) is 18.0 Å². The highest BCUT2D eigenvalue weighted by molar-refractivity contribution is 5.78. The Labute approximate surface area is 150 Å². The smallest absolute Gasteiger partial charge is 0.269 e. The predicted octanol–water partition coefficient (Wildman–Crippen LogP) is 2.98. The molecule has 1 aromatic heterocycles. The van der Waals surface area contributed by atoms with Gasteiger partial charge in [0.2, 0.25) is 5.91 Å². The normalized spacial score (nSPS) is 10.5. The van der Waals surface area contributed by atoms with Gasteiger partial charge in [0.05, 0.1) is 17.0 Å². The summed E-state index contributed by atoms with van der Waals surface area (Å²) < 4.78 is 1.75. The number of hydrogen-bond donors (Lipinski definition) is 0. The monoisotopic (exact) mass is 350 g/mol. The summed E-state index contributed by atoms with van der Waals surface area (Å²) >= 11 is 0. The fraction of sp³-hybridized carbons (Fsp3) is 0.158. The second kappa shape index (κ2) is 7.60. The quantitative estimate of drug-likeness (QED) is 0.505. The van der Waals surface area contributed by atoms with Crippen LogP contribution in [0.5, 0.6) is 0 Å². The highest BCUT2D eigenvalue weighted by Crippen LogP contribution is 2.15. The minimum absolute atomic E-state index is 0.0255. The van der Waals surface area contributed by atoms with Gasteiger partial charge >= 0.3 is 0 Å². The zero-order chi connectivity index (χ0) is 18.5. The van der Waals surface area contributed by atoms with Crippen LogP contribution >= 0.6 is 0 Å². The first kappa shape index (κ1) is 17.3. The molecule has 0 radical (unpaired) electrons. The topological polar surface area (TPSA) is 81.3 Å². The molecule has 0 aliphatic carbocycles. The molecule has 1 amide bonds. The summed E-state index contributed by atoms with van der Waals surface area (Å²) in [6.45, 7) is 0.325. The van der Waals surface area contributed by atoms with Gasteiger partial charge in [-0.3, -0.25) is 14.9 Å². The summed E-state index contributed by atoms with van der Waals surface area (Å²) in [4.78, 5) is 24.4. The molecule has 0 aliphatic rings. The Balaban J connectivity index is 1.62. The maximum atomic E-state index is 12.4. The predicted molar refractivity (Wildman–Crippen MR) is 96.8 cm³/mol. The molecule has 0 saturated heterocycles. The maximum absolute atomic E-state index is 12.4. The number of nitrogens with zero attached hydrogens (tertiary/aromatic N) is 4. The van der Waals surface area contributed by atoms with Gasteiger partial charge in [-0.25, -0.2) is 4.68 Å². The van der Waals surface area contributed by atoms with Crippen LogP contribution in [0.1, 0.15) is 11.1 Å². The fourth-order valence-electron chi connectivity index (χ4n) is 2.63. The van der Waals surface area contributed by atoms with Gasteiger partial charge < -0.3 is 4.90 Å². The molecule has 0 saturated carbocycles. The van der Waals surface area contributed by atoms with Crippen LogP contribution in [0.3, 0.4) is 0 Å². The van der Waals surface area contributed by atoms with Crippen LogP contribution in [0.2, 0.25) is 0 Å². The van der Waals surface area contributed by atoms with Gasteiger partial charge in [0.1, 0.15) is 0 Å². The highest BCUT2D eigenvalue weighted by Gasteiger charge is 2.12. The van der Waals surface area contributed by atoms with E-state index in [1.807, 2.05) is 36.5 Å². The first-order valence-corrected chi connectivity index (χ1v) is 8.09. The number of aromatic nitrogens is 2. The molecule has 3 rings (SSSR count). The largest absolute Gasteiger partial charge is 0.341 e. The standard InChI is InChI=1S/C19H18N4O3/c1-21(14-16-4-2-5-18(12-16)23(25)26)19(24)13-15-6-8-17(9-7-15)22-11-3-10-20-22/h2-12H,13-14H2,1H3. The van der Waals surface area contributed by atoms with E-state index in [2.05, 4.69) is 5.10 Å². The first-order valence-electron chi connectivity index (χ1n) is 8.09. The Bertz CT molecular complexity index is 905. The molecule has 7 heteroatoms. The lowest BCUT2D eigenvalue weighted by Gasteiger charge is -2.17. The number of benzene rings is 2. The Kier molecular flexibility index (Phi) is 5.07. The molecule has 132 valence electrons. The SMILES string of the molecule is CN(Cc1cccc([N+](=O)[O-])c1)C(=O)Cc1ccc(-n2cccn2)cc1. The Morgan fingerprint density at radius 1 is 1.15 bits per heavy atom. The third-order valence-corrected chi connectivity index (χ3v) is 4.03. The lowest BCUT2D eigenvalue weighted by atomic mass is 10.1. The summed E-state index contributed by atoms with van der Waals surface area (Å²) in [6.07, 6.45) is 3.83. The Hall–Kier alpha value is -3.48. The number of amides is 1. The van der Waals surface area contributed by atoms with Crippen molar-refractivity contribution in [3.05, 3.63) is 88.2 Å². The molecule has 0 N–H and O–H groups in total. The van der Waals surface area contributed by atoms with Gasteiger partial charge in [0.25, 0.3) is 5.69 Å². The molecule has 0 unspecified atom stereocenters.